The lowest BCUT2D eigenvalue weighted by molar-refractivity contribution is 0.102. The molecule has 34 heavy (non-hydrogen) atoms. The Morgan fingerprint density at radius 3 is 2.56 bits per heavy atom. The molecule has 1 N–H and O–H groups in total. The van der Waals surface area contributed by atoms with Crippen molar-refractivity contribution in [1.29, 1.82) is 0 Å². The van der Waals surface area contributed by atoms with E-state index in [2.05, 4.69) is 25.5 Å². The van der Waals surface area contributed by atoms with Crippen LogP contribution in [0.3, 0.4) is 0 Å². The highest BCUT2D eigenvalue weighted by atomic mass is 16.5. The molecule has 0 bridgehead atoms. The van der Waals surface area contributed by atoms with Crippen molar-refractivity contribution >= 4 is 22.8 Å². The lowest BCUT2D eigenvalue weighted by Crippen LogP contribution is -2.17. The van der Waals surface area contributed by atoms with Crippen LogP contribution in [0.15, 0.2) is 67.1 Å². The molecular weight excluding hydrogens is 434 g/mol. The molecule has 10 heteroatoms. The summed E-state index contributed by atoms with van der Waals surface area (Å²) in [6.07, 6.45) is 3.14. The smallest absolute Gasteiger partial charge is 0.260 e. The minimum atomic E-state index is -0.373. The van der Waals surface area contributed by atoms with Crippen molar-refractivity contribution in [1.82, 2.24) is 29.5 Å². The number of carbonyl (C=O) groups excluding carboxylic acids is 1. The molecule has 0 saturated carbocycles. The van der Waals surface area contributed by atoms with Crippen molar-refractivity contribution in [2.24, 2.45) is 0 Å². The molecule has 0 unspecified atom stereocenters. The number of amides is 1. The molecule has 0 radical (unpaired) electrons. The number of nitrogens with one attached hydrogen (secondary N) is 1. The van der Waals surface area contributed by atoms with E-state index in [1.165, 1.54) is 20.5 Å². The first-order valence-electron chi connectivity index (χ1n) is 10.4. The number of benzene rings is 2. The summed E-state index contributed by atoms with van der Waals surface area (Å²) < 4.78 is 14.0. The van der Waals surface area contributed by atoms with E-state index in [0.29, 0.717) is 45.4 Å². The van der Waals surface area contributed by atoms with Gasteiger partial charge in [-0.2, -0.15) is 14.9 Å². The second kappa shape index (κ2) is 8.66. The van der Waals surface area contributed by atoms with Crippen LogP contribution in [0.1, 0.15) is 16.1 Å². The van der Waals surface area contributed by atoms with Gasteiger partial charge in [-0.3, -0.25) is 4.79 Å². The number of rotatable bonds is 6. The first-order chi connectivity index (χ1) is 16.6. The Bertz CT molecular complexity index is 1490. The molecule has 1 amide bonds. The third-order valence-electron chi connectivity index (χ3n) is 5.27. The largest absolute Gasteiger partial charge is 0.493 e. The number of fused-ring (bicyclic) bond motifs is 1. The predicted octanol–water partition coefficient (Wildman–Crippen LogP) is 3.58. The molecule has 3 aromatic heterocycles. The highest BCUT2D eigenvalue weighted by molar-refractivity contribution is 6.06. The third-order valence-corrected chi connectivity index (χ3v) is 5.27. The van der Waals surface area contributed by atoms with Crippen LogP contribution in [0.25, 0.3) is 22.5 Å². The molecule has 2 aromatic carbocycles. The van der Waals surface area contributed by atoms with Crippen LogP contribution in [0.2, 0.25) is 0 Å². The average Bonchev–Trinajstić information content (AvgIpc) is 3.47. The number of nitrogens with zero attached hydrogens (tertiary/aromatic N) is 6. The SMILES string of the molecule is COc1cccc(C(=O)Nc2cc(C)nn2-c2ncnc3c2cnn3-c2ccccc2)c1OC. The van der Waals surface area contributed by atoms with Crippen molar-refractivity contribution in [3.05, 3.63) is 78.4 Å². The van der Waals surface area contributed by atoms with Gasteiger partial charge in [0.25, 0.3) is 5.91 Å². The van der Waals surface area contributed by atoms with E-state index < -0.39 is 0 Å². The van der Waals surface area contributed by atoms with E-state index in [0.717, 1.165) is 5.69 Å². The van der Waals surface area contributed by atoms with Gasteiger partial charge in [0.15, 0.2) is 23.0 Å². The standard InChI is InChI=1S/C24H21N7O3/c1-15-12-20(28-24(32)17-10-7-11-19(33-2)21(17)34-3)31(29-15)23-18-13-27-30(22(18)25-14-26-23)16-8-5-4-6-9-16/h4-14H,1-3H3,(H,28,32). The maximum Gasteiger partial charge on any atom is 0.260 e. The van der Waals surface area contributed by atoms with Crippen molar-refractivity contribution in [2.45, 2.75) is 6.92 Å². The Kier molecular flexibility index (Phi) is 5.38. The Balaban J connectivity index is 1.56. The Labute approximate surface area is 194 Å². The highest BCUT2D eigenvalue weighted by Crippen LogP contribution is 2.31. The van der Waals surface area contributed by atoms with Crippen LogP contribution in [-0.4, -0.2) is 49.7 Å². The summed E-state index contributed by atoms with van der Waals surface area (Å²) in [5, 5.41) is 12.6. The molecule has 170 valence electrons. The lowest BCUT2D eigenvalue weighted by atomic mass is 10.1. The molecule has 0 atom stereocenters. The molecule has 0 saturated heterocycles. The molecule has 0 fully saturated rings. The Morgan fingerprint density at radius 2 is 1.79 bits per heavy atom. The second-order valence-corrected chi connectivity index (χ2v) is 7.40. The summed E-state index contributed by atoms with van der Waals surface area (Å²) >= 11 is 0. The maximum atomic E-state index is 13.2. The van der Waals surface area contributed by atoms with Crippen LogP contribution in [0.4, 0.5) is 5.82 Å². The number of aryl methyl sites for hydroxylation is 1. The number of carbonyl (C=O) groups is 1. The lowest BCUT2D eigenvalue weighted by Gasteiger charge is -2.13. The number of aromatic nitrogens is 6. The van der Waals surface area contributed by atoms with Gasteiger partial charge in [0, 0.05) is 6.07 Å². The van der Waals surface area contributed by atoms with Crippen molar-refractivity contribution in [3.63, 3.8) is 0 Å². The second-order valence-electron chi connectivity index (χ2n) is 7.40. The number of anilines is 1. The van der Waals surface area contributed by atoms with E-state index in [9.17, 15) is 4.79 Å². The minimum absolute atomic E-state index is 0.331. The molecule has 5 rings (SSSR count). The molecule has 0 aliphatic carbocycles. The zero-order chi connectivity index (χ0) is 23.7. The van der Waals surface area contributed by atoms with E-state index >= 15 is 0 Å². The Morgan fingerprint density at radius 1 is 0.971 bits per heavy atom. The highest BCUT2D eigenvalue weighted by Gasteiger charge is 2.21. The number of hydrogen-bond acceptors (Lipinski definition) is 7. The summed E-state index contributed by atoms with van der Waals surface area (Å²) in [5.74, 6) is 1.37. The number of para-hydroxylation sites is 2. The normalized spacial score (nSPS) is 10.9. The van der Waals surface area contributed by atoms with Crippen molar-refractivity contribution < 1.29 is 14.3 Å². The molecule has 10 nitrogen and oxygen atoms in total. The molecule has 0 aliphatic rings. The summed E-state index contributed by atoms with van der Waals surface area (Å²) in [6.45, 7) is 1.84. The van der Waals surface area contributed by atoms with Crippen LogP contribution in [0, 0.1) is 6.92 Å². The van der Waals surface area contributed by atoms with Crippen LogP contribution < -0.4 is 14.8 Å². The molecule has 0 spiro atoms. The van der Waals surface area contributed by atoms with Gasteiger partial charge in [0.1, 0.15) is 12.1 Å². The summed E-state index contributed by atoms with van der Waals surface area (Å²) in [4.78, 5) is 22.0. The quantitative estimate of drug-likeness (QED) is 0.417. The van der Waals surface area contributed by atoms with Gasteiger partial charge >= 0.3 is 0 Å². The third kappa shape index (κ3) is 3.60. The van der Waals surface area contributed by atoms with Crippen molar-refractivity contribution in [2.75, 3.05) is 19.5 Å². The fraction of sp³-hybridized carbons (Fsp3) is 0.125. The van der Waals surface area contributed by atoms with Gasteiger partial charge in [0.2, 0.25) is 0 Å². The fourth-order valence-corrected chi connectivity index (χ4v) is 3.76. The van der Waals surface area contributed by atoms with Crippen molar-refractivity contribution in [3.8, 4) is 23.0 Å². The fourth-order valence-electron chi connectivity index (χ4n) is 3.76. The number of methoxy groups -OCH3 is 2. The zero-order valence-electron chi connectivity index (χ0n) is 18.8. The predicted molar refractivity (Wildman–Crippen MR) is 126 cm³/mol. The van der Waals surface area contributed by atoms with Gasteiger partial charge in [-0.15, -0.1) is 0 Å². The maximum absolute atomic E-state index is 13.2. The zero-order valence-corrected chi connectivity index (χ0v) is 18.8. The molecular formula is C24H21N7O3. The van der Waals surface area contributed by atoms with E-state index in [-0.39, 0.29) is 5.91 Å². The molecule has 5 aromatic rings. The summed E-state index contributed by atoms with van der Waals surface area (Å²) in [5.41, 5.74) is 2.53. The van der Waals surface area contributed by atoms with E-state index in [1.54, 1.807) is 39.8 Å². The Hall–Kier alpha value is -4.73. The first kappa shape index (κ1) is 21.1. The van der Waals surface area contributed by atoms with Gasteiger partial charge in [-0.05, 0) is 31.2 Å². The molecule has 0 aliphatic heterocycles. The van der Waals surface area contributed by atoms with Crippen LogP contribution in [-0.2, 0) is 0 Å². The number of ether oxygens (including phenoxy) is 2. The van der Waals surface area contributed by atoms with Gasteiger partial charge < -0.3 is 14.8 Å². The molecule has 3 heterocycles. The van der Waals surface area contributed by atoms with Crippen LogP contribution in [0.5, 0.6) is 11.5 Å². The summed E-state index contributed by atoms with van der Waals surface area (Å²) in [7, 11) is 3.01. The topological polar surface area (TPSA) is 109 Å². The number of hydrogen-bond donors (Lipinski definition) is 1. The average molecular weight is 455 g/mol. The van der Waals surface area contributed by atoms with Gasteiger partial charge in [0.05, 0.1) is 42.7 Å². The van der Waals surface area contributed by atoms with E-state index in [4.69, 9.17) is 9.47 Å². The van der Waals surface area contributed by atoms with Crippen LogP contribution >= 0.6 is 0 Å². The van der Waals surface area contributed by atoms with Gasteiger partial charge in [-0.25, -0.2) is 14.6 Å². The van der Waals surface area contributed by atoms with Gasteiger partial charge in [-0.1, -0.05) is 24.3 Å². The first-order valence-corrected chi connectivity index (χ1v) is 10.4. The monoisotopic (exact) mass is 455 g/mol. The van der Waals surface area contributed by atoms with E-state index in [1.807, 2.05) is 37.3 Å². The minimum Gasteiger partial charge on any atom is -0.493 e. The summed E-state index contributed by atoms with van der Waals surface area (Å²) in [6, 6.07) is 16.6.